The molecule has 1 aliphatic rings. The largest absolute Gasteiger partial charge is 0.438 e. The summed E-state index contributed by atoms with van der Waals surface area (Å²) in [5, 5.41) is 11.2. The van der Waals surface area contributed by atoms with Gasteiger partial charge in [0.1, 0.15) is 12.1 Å². The first-order valence-corrected chi connectivity index (χ1v) is 12.5. The number of fused-ring (bicyclic) bond motifs is 6. The van der Waals surface area contributed by atoms with Crippen LogP contribution in [0.2, 0.25) is 0 Å². The van der Waals surface area contributed by atoms with Crippen LogP contribution in [0, 0.1) is 0 Å². The molecule has 0 N–H and O–H groups in total. The SMILES string of the molecule is CC(=NOCc1nc2c3c(ncn2n1)Oc1ccc2ccccc2c1C3c1ccccc1)c1ccccc1. The van der Waals surface area contributed by atoms with Crippen LogP contribution in [0.5, 0.6) is 11.6 Å². The number of ether oxygens (including phenoxy) is 1. The predicted molar refractivity (Wildman–Crippen MR) is 146 cm³/mol. The molecule has 2 aromatic heterocycles. The summed E-state index contributed by atoms with van der Waals surface area (Å²) in [6, 6.07) is 32.8. The minimum absolute atomic E-state index is 0.131. The van der Waals surface area contributed by atoms with Crippen LogP contribution in [0.3, 0.4) is 0 Å². The lowest BCUT2D eigenvalue weighted by Gasteiger charge is -2.29. The van der Waals surface area contributed by atoms with E-state index >= 15 is 0 Å². The molecule has 0 amide bonds. The van der Waals surface area contributed by atoms with Gasteiger partial charge in [-0.1, -0.05) is 96.2 Å². The zero-order valence-electron chi connectivity index (χ0n) is 20.7. The zero-order valence-corrected chi connectivity index (χ0v) is 20.7. The van der Waals surface area contributed by atoms with Gasteiger partial charge >= 0.3 is 0 Å². The zero-order chi connectivity index (χ0) is 25.5. The number of hydrogen-bond acceptors (Lipinski definition) is 6. The summed E-state index contributed by atoms with van der Waals surface area (Å²) >= 11 is 0. The van der Waals surface area contributed by atoms with E-state index in [9.17, 15) is 0 Å². The quantitative estimate of drug-likeness (QED) is 0.200. The molecule has 3 heterocycles. The first-order chi connectivity index (χ1) is 18.8. The monoisotopic (exact) mass is 497 g/mol. The van der Waals surface area contributed by atoms with Gasteiger partial charge in [0, 0.05) is 11.5 Å². The van der Waals surface area contributed by atoms with E-state index in [4.69, 9.17) is 14.6 Å². The van der Waals surface area contributed by atoms with Crippen molar-refractivity contribution in [2.24, 2.45) is 5.16 Å². The molecule has 0 aliphatic carbocycles. The lowest BCUT2D eigenvalue weighted by molar-refractivity contribution is 0.125. The smallest absolute Gasteiger partial charge is 0.228 e. The Morgan fingerprint density at radius 2 is 1.66 bits per heavy atom. The second-order valence-corrected chi connectivity index (χ2v) is 9.22. The van der Waals surface area contributed by atoms with Gasteiger partial charge in [-0.3, -0.25) is 0 Å². The molecular formula is C31H23N5O2. The van der Waals surface area contributed by atoms with Crippen LogP contribution in [0.1, 0.15) is 40.9 Å². The maximum absolute atomic E-state index is 6.37. The average Bonchev–Trinajstić information content (AvgIpc) is 3.40. The molecule has 184 valence electrons. The fourth-order valence-corrected chi connectivity index (χ4v) is 5.11. The van der Waals surface area contributed by atoms with Crippen LogP contribution in [-0.4, -0.2) is 25.3 Å². The number of aromatic nitrogens is 4. The van der Waals surface area contributed by atoms with Crippen molar-refractivity contribution in [3.8, 4) is 11.6 Å². The van der Waals surface area contributed by atoms with E-state index in [0.717, 1.165) is 44.5 Å². The summed E-state index contributed by atoms with van der Waals surface area (Å²) in [6.07, 6.45) is 1.64. The highest BCUT2D eigenvalue weighted by Gasteiger charge is 2.34. The van der Waals surface area contributed by atoms with E-state index in [0.29, 0.717) is 17.4 Å². The third kappa shape index (κ3) is 3.76. The second-order valence-electron chi connectivity index (χ2n) is 9.22. The molecule has 0 fully saturated rings. The molecule has 0 bridgehead atoms. The first-order valence-electron chi connectivity index (χ1n) is 12.5. The number of oxime groups is 1. The van der Waals surface area contributed by atoms with Crippen molar-refractivity contribution >= 4 is 22.1 Å². The number of rotatable bonds is 5. The number of benzene rings is 4. The Morgan fingerprint density at radius 3 is 2.50 bits per heavy atom. The van der Waals surface area contributed by atoms with Gasteiger partial charge in [-0.25, -0.2) is 14.5 Å². The molecule has 4 aromatic carbocycles. The van der Waals surface area contributed by atoms with Crippen molar-refractivity contribution in [3.05, 3.63) is 131 Å². The maximum Gasteiger partial charge on any atom is 0.228 e. The topological polar surface area (TPSA) is 73.9 Å². The fraction of sp³-hybridized carbons (Fsp3) is 0.0968. The highest BCUT2D eigenvalue weighted by atomic mass is 16.6. The van der Waals surface area contributed by atoms with Gasteiger partial charge in [-0.05, 0) is 34.9 Å². The summed E-state index contributed by atoms with van der Waals surface area (Å²) in [6.45, 7) is 2.05. The highest BCUT2D eigenvalue weighted by Crippen LogP contribution is 2.50. The van der Waals surface area contributed by atoms with Gasteiger partial charge in [0.2, 0.25) is 5.88 Å². The molecule has 38 heavy (non-hydrogen) atoms. The molecule has 7 heteroatoms. The molecule has 0 radical (unpaired) electrons. The summed E-state index contributed by atoms with van der Waals surface area (Å²) in [7, 11) is 0. The van der Waals surface area contributed by atoms with E-state index in [1.54, 1.807) is 10.8 Å². The van der Waals surface area contributed by atoms with Crippen LogP contribution in [0.15, 0.2) is 109 Å². The molecule has 1 aliphatic heterocycles. The number of nitrogens with zero attached hydrogens (tertiary/aromatic N) is 5. The maximum atomic E-state index is 6.37. The standard InChI is InChI=1S/C31H23N5O2/c1-20(21-10-4-2-5-11-21)35-37-18-26-33-30-29-27(23-13-6-3-7-14-23)28-24-15-9-8-12-22(24)16-17-25(28)38-31(29)32-19-36(30)34-26/h2-17,19,27H,18H2,1H3. The lowest BCUT2D eigenvalue weighted by atomic mass is 9.81. The van der Waals surface area contributed by atoms with E-state index in [1.807, 2.05) is 49.4 Å². The lowest BCUT2D eigenvalue weighted by Crippen LogP contribution is -2.15. The Morgan fingerprint density at radius 1 is 0.895 bits per heavy atom. The second kappa shape index (κ2) is 9.12. The summed E-state index contributed by atoms with van der Waals surface area (Å²) < 4.78 is 8.07. The molecule has 0 saturated carbocycles. The molecule has 1 atom stereocenters. The van der Waals surface area contributed by atoms with E-state index in [1.165, 1.54) is 0 Å². The van der Waals surface area contributed by atoms with E-state index in [-0.39, 0.29) is 12.5 Å². The van der Waals surface area contributed by atoms with Gasteiger partial charge in [-0.15, -0.1) is 5.10 Å². The van der Waals surface area contributed by atoms with Crippen LogP contribution in [0.4, 0.5) is 0 Å². The molecule has 0 spiro atoms. The normalized spacial score (nSPS) is 14.7. The summed E-state index contributed by atoms with van der Waals surface area (Å²) in [4.78, 5) is 15.1. The molecule has 0 saturated heterocycles. The molecular weight excluding hydrogens is 474 g/mol. The Labute approximate surface area is 219 Å². The molecule has 6 aromatic rings. The van der Waals surface area contributed by atoms with Gasteiger partial charge in [0.15, 0.2) is 18.1 Å². The fourth-order valence-electron chi connectivity index (χ4n) is 5.11. The van der Waals surface area contributed by atoms with Crippen molar-refractivity contribution < 1.29 is 9.57 Å². The van der Waals surface area contributed by atoms with Crippen LogP contribution < -0.4 is 4.74 Å². The van der Waals surface area contributed by atoms with Gasteiger partial charge in [-0.2, -0.15) is 0 Å². The van der Waals surface area contributed by atoms with E-state index in [2.05, 4.69) is 69.8 Å². The average molecular weight is 498 g/mol. The Bertz CT molecular complexity index is 1810. The first kappa shape index (κ1) is 22.2. The summed E-state index contributed by atoms with van der Waals surface area (Å²) in [5.41, 5.74) is 5.58. The van der Waals surface area contributed by atoms with Gasteiger partial charge in [0.05, 0.1) is 11.3 Å². The van der Waals surface area contributed by atoms with Crippen LogP contribution in [-0.2, 0) is 11.4 Å². The van der Waals surface area contributed by atoms with E-state index < -0.39 is 0 Å². The molecule has 1 unspecified atom stereocenters. The van der Waals surface area contributed by atoms with Crippen molar-refractivity contribution in [2.75, 3.05) is 0 Å². The Balaban J connectivity index is 1.33. The molecule has 7 rings (SSSR count). The third-order valence-electron chi connectivity index (χ3n) is 6.87. The molecule has 7 nitrogen and oxygen atoms in total. The van der Waals surface area contributed by atoms with Crippen LogP contribution >= 0.6 is 0 Å². The van der Waals surface area contributed by atoms with Gasteiger partial charge < -0.3 is 9.57 Å². The van der Waals surface area contributed by atoms with Crippen molar-refractivity contribution in [1.82, 2.24) is 19.6 Å². The Hall–Kier alpha value is -5.04. The predicted octanol–water partition coefficient (Wildman–Crippen LogP) is 6.50. The van der Waals surface area contributed by atoms with Gasteiger partial charge in [0.25, 0.3) is 0 Å². The number of hydrogen-bond donors (Lipinski definition) is 0. The Kier molecular flexibility index (Phi) is 5.32. The summed E-state index contributed by atoms with van der Waals surface area (Å²) in [5.74, 6) is 1.72. The third-order valence-corrected chi connectivity index (χ3v) is 6.87. The minimum atomic E-state index is -0.131. The van der Waals surface area contributed by atoms with Crippen molar-refractivity contribution in [2.45, 2.75) is 19.4 Å². The minimum Gasteiger partial charge on any atom is -0.438 e. The van der Waals surface area contributed by atoms with Crippen molar-refractivity contribution in [1.29, 1.82) is 0 Å². The highest BCUT2D eigenvalue weighted by molar-refractivity contribution is 5.98. The van der Waals surface area contributed by atoms with Crippen molar-refractivity contribution in [3.63, 3.8) is 0 Å². The van der Waals surface area contributed by atoms with Crippen LogP contribution in [0.25, 0.3) is 16.4 Å².